The number of nitrogens with two attached hydrogens (primary N) is 1. The van der Waals surface area contributed by atoms with Crippen molar-refractivity contribution in [1.82, 2.24) is 0 Å². The van der Waals surface area contributed by atoms with Crippen molar-refractivity contribution in [3.63, 3.8) is 0 Å². The molecule has 13 heavy (non-hydrogen) atoms. The highest BCUT2D eigenvalue weighted by molar-refractivity contribution is 6.30. The van der Waals surface area contributed by atoms with Crippen molar-refractivity contribution >= 4 is 11.6 Å². The molecule has 2 unspecified atom stereocenters. The maximum atomic E-state index is 13.2. The molecule has 72 valence electrons. The third-order valence-corrected chi connectivity index (χ3v) is 2.13. The van der Waals surface area contributed by atoms with Crippen molar-refractivity contribution in [2.45, 2.75) is 25.6 Å². The molecular weight excluding hydrogens is 189 g/mol. The van der Waals surface area contributed by atoms with E-state index in [0.717, 1.165) is 5.56 Å². The van der Waals surface area contributed by atoms with Gasteiger partial charge in [0.05, 0.1) is 0 Å². The molecule has 1 rings (SSSR count). The second-order valence-corrected chi connectivity index (χ2v) is 3.65. The molecule has 0 bridgehead atoms. The molecule has 2 atom stereocenters. The molecule has 0 amide bonds. The van der Waals surface area contributed by atoms with Crippen LogP contribution in [0.5, 0.6) is 0 Å². The second-order valence-electron chi connectivity index (χ2n) is 3.21. The van der Waals surface area contributed by atoms with Crippen molar-refractivity contribution < 1.29 is 4.39 Å². The topological polar surface area (TPSA) is 26.0 Å². The van der Waals surface area contributed by atoms with Gasteiger partial charge in [-0.1, -0.05) is 23.7 Å². The van der Waals surface area contributed by atoms with Gasteiger partial charge in [0.2, 0.25) is 0 Å². The summed E-state index contributed by atoms with van der Waals surface area (Å²) in [6, 6.07) is 6.76. The largest absolute Gasteiger partial charge is 0.325 e. The van der Waals surface area contributed by atoms with Gasteiger partial charge in [-0.15, -0.1) is 0 Å². The Bertz CT molecular complexity index is 275. The fourth-order valence-electron chi connectivity index (χ4n) is 1.07. The van der Waals surface area contributed by atoms with Crippen LogP contribution in [-0.4, -0.2) is 12.2 Å². The molecule has 0 saturated heterocycles. The van der Waals surface area contributed by atoms with Crippen LogP contribution in [0.25, 0.3) is 0 Å². The SMILES string of the molecule is CC(N)C(F)Cc1cccc(Cl)c1. The van der Waals surface area contributed by atoms with Gasteiger partial charge >= 0.3 is 0 Å². The van der Waals surface area contributed by atoms with E-state index in [1.165, 1.54) is 0 Å². The molecule has 0 fully saturated rings. The molecule has 0 heterocycles. The molecule has 0 aliphatic carbocycles. The summed E-state index contributed by atoms with van der Waals surface area (Å²) in [5.41, 5.74) is 6.30. The molecule has 0 aliphatic heterocycles. The maximum Gasteiger partial charge on any atom is 0.119 e. The Morgan fingerprint density at radius 1 is 1.54 bits per heavy atom. The summed E-state index contributed by atoms with van der Waals surface area (Å²) >= 11 is 5.75. The summed E-state index contributed by atoms with van der Waals surface area (Å²) in [4.78, 5) is 0. The lowest BCUT2D eigenvalue weighted by atomic mass is 10.1. The molecule has 3 heteroatoms. The van der Waals surface area contributed by atoms with Crippen LogP contribution < -0.4 is 5.73 Å². The van der Waals surface area contributed by atoms with E-state index in [1.807, 2.05) is 12.1 Å². The Labute approximate surface area is 82.7 Å². The lowest BCUT2D eigenvalue weighted by Gasteiger charge is -2.11. The van der Waals surface area contributed by atoms with Gasteiger partial charge in [-0.05, 0) is 24.6 Å². The second kappa shape index (κ2) is 4.58. The van der Waals surface area contributed by atoms with E-state index in [2.05, 4.69) is 0 Å². The molecule has 0 aromatic heterocycles. The van der Waals surface area contributed by atoms with Crippen molar-refractivity contribution in [2.24, 2.45) is 5.73 Å². The number of rotatable bonds is 3. The van der Waals surface area contributed by atoms with Gasteiger partial charge in [0.1, 0.15) is 6.17 Å². The molecule has 1 aromatic rings. The minimum Gasteiger partial charge on any atom is -0.325 e. The standard InChI is InChI=1S/C10H13ClFN/c1-7(13)10(12)6-8-3-2-4-9(11)5-8/h2-5,7,10H,6,13H2,1H3. The molecule has 2 N–H and O–H groups in total. The first-order valence-corrected chi connectivity index (χ1v) is 4.61. The molecule has 1 nitrogen and oxygen atoms in total. The first-order valence-electron chi connectivity index (χ1n) is 4.23. The van der Waals surface area contributed by atoms with E-state index in [1.54, 1.807) is 19.1 Å². The maximum absolute atomic E-state index is 13.2. The average Bonchev–Trinajstić information content (AvgIpc) is 2.04. The van der Waals surface area contributed by atoms with Gasteiger partial charge in [-0.3, -0.25) is 0 Å². The molecule has 0 spiro atoms. The molecule has 0 radical (unpaired) electrons. The van der Waals surface area contributed by atoms with Crippen LogP contribution in [-0.2, 0) is 6.42 Å². The fourth-order valence-corrected chi connectivity index (χ4v) is 1.29. The van der Waals surface area contributed by atoms with Crippen LogP contribution in [0.15, 0.2) is 24.3 Å². The quantitative estimate of drug-likeness (QED) is 0.799. The molecule has 0 aliphatic rings. The zero-order valence-corrected chi connectivity index (χ0v) is 8.26. The first-order chi connectivity index (χ1) is 6.09. The zero-order chi connectivity index (χ0) is 9.84. The summed E-state index contributed by atoms with van der Waals surface area (Å²) in [6.07, 6.45) is -0.670. The van der Waals surface area contributed by atoms with Crippen LogP contribution in [0.4, 0.5) is 4.39 Å². The van der Waals surface area contributed by atoms with Crippen molar-refractivity contribution in [3.05, 3.63) is 34.9 Å². The number of alkyl halides is 1. The van der Waals surface area contributed by atoms with E-state index in [0.29, 0.717) is 11.4 Å². The van der Waals surface area contributed by atoms with Gasteiger partial charge in [0.15, 0.2) is 0 Å². The molecule has 0 saturated carbocycles. The number of benzene rings is 1. The average molecular weight is 202 g/mol. The first kappa shape index (κ1) is 10.5. The summed E-state index contributed by atoms with van der Waals surface area (Å²) < 4.78 is 13.2. The Hall–Kier alpha value is -0.600. The van der Waals surface area contributed by atoms with Crippen LogP contribution in [0.3, 0.4) is 0 Å². The number of hydrogen-bond donors (Lipinski definition) is 1. The summed E-state index contributed by atoms with van der Waals surface area (Å²) in [7, 11) is 0. The third-order valence-electron chi connectivity index (χ3n) is 1.89. The Balaban J connectivity index is 2.64. The lowest BCUT2D eigenvalue weighted by molar-refractivity contribution is 0.290. The summed E-state index contributed by atoms with van der Waals surface area (Å²) in [6.45, 7) is 1.66. The van der Waals surface area contributed by atoms with E-state index in [9.17, 15) is 4.39 Å². The van der Waals surface area contributed by atoms with E-state index >= 15 is 0 Å². The molecule has 1 aromatic carbocycles. The predicted molar refractivity (Wildman–Crippen MR) is 53.7 cm³/mol. The highest BCUT2D eigenvalue weighted by Gasteiger charge is 2.12. The van der Waals surface area contributed by atoms with Crippen molar-refractivity contribution in [1.29, 1.82) is 0 Å². The van der Waals surface area contributed by atoms with Gasteiger partial charge in [-0.25, -0.2) is 4.39 Å². The van der Waals surface area contributed by atoms with Crippen LogP contribution in [0.2, 0.25) is 5.02 Å². The normalized spacial score (nSPS) is 15.4. The Kier molecular flexibility index (Phi) is 3.70. The highest BCUT2D eigenvalue weighted by atomic mass is 35.5. The monoisotopic (exact) mass is 201 g/mol. The van der Waals surface area contributed by atoms with Crippen LogP contribution in [0.1, 0.15) is 12.5 Å². The lowest BCUT2D eigenvalue weighted by Crippen LogP contribution is -2.29. The Morgan fingerprint density at radius 2 is 2.23 bits per heavy atom. The summed E-state index contributed by atoms with van der Waals surface area (Å²) in [5, 5.41) is 0.634. The van der Waals surface area contributed by atoms with Crippen LogP contribution in [0, 0.1) is 0 Å². The van der Waals surface area contributed by atoms with Gasteiger partial charge in [0, 0.05) is 17.5 Å². The van der Waals surface area contributed by atoms with E-state index in [-0.39, 0.29) is 0 Å². The van der Waals surface area contributed by atoms with E-state index < -0.39 is 12.2 Å². The zero-order valence-electron chi connectivity index (χ0n) is 7.50. The fraction of sp³-hybridized carbons (Fsp3) is 0.400. The molecular formula is C10H13ClFN. The smallest absolute Gasteiger partial charge is 0.119 e. The van der Waals surface area contributed by atoms with Gasteiger partial charge < -0.3 is 5.73 Å². The minimum atomic E-state index is -1.00. The minimum absolute atomic E-state index is 0.332. The van der Waals surface area contributed by atoms with Crippen molar-refractivity contribution in [2.75, 3.05) is 0 Å². The van der Waals surface area contributed by atoms with Crippen molar-refractivity contribution in [3.8, 4) is 0 Å². The number of halogens is 2. The Morgan fingerprint density at radius 3 is 2.77 bits per heavy atom. The number of hydrogen-bond acceptors (Lipinski definition) is 1. The van der Waals surface area contributed by atoms with E-state index in [4.69, 9.17) is 17.3 Å². The third kappa shape index (κ3) is 3.33. The summed E-state index contributed by atoms with van der Waals surface area (Å²) in [5.74, 6) is 0. The predicted octanol–water partition coefficient (Wildman–Crippen LogP) is 2.57. The highest BCUT2D eigenvalue weighted by Crippen LogP contribution is 2.14. The van der Waals surface area contributed by atoms with Gasteiger partial charge in [-0.2, -0.15) is 0 Å². The van der Waals surface area contributed by atoms with Crippen LogP contribution >= 0.6 is 11.6 Å². The van der Waals surface area contributed by atoms with Gasteiger partial charge in [0.25, 0.3) is 0 Å².